The second-order valence-corrected chi connectivity index (χ2v) is 0.373. The van der Waals surface area contributed by atoms with Crippen molar-refractivity contribution in [3.63, 3.8) is 0 Å². The van der Waals surface area contributed by atoms with E-state index in [2.05, 4.69) is 29.2 Å². The Labute approximate surface area is 42.9 Å². The molecule has 0 atom stereocenters. The maximum Gasteiger partial charge on any atom is 0.503 e. The van der Waals surface area contributed by atoms with Crippen LogP contribution in [0.4, 0.5) is 0 Å². The maximum atomic E-state index is 7.40. The zero-order chi connectivity index (χ0) is 5.41. The van der Waals surface area contributed by atoms with Gasteiger partial charge in [0.05, 0.1) is 0 Å². The Morgan fingerprint density at radius 3 is 1.83 bits per heavy atom. The lowest BCUT2D eigenvalue weighted by molar-refractivity contribution is 0.479. The summed E-state index contributed by atoms with van der Waals surface area (Å²) in [7, 11) is 0.390. The van der Waals surface area contributed by atoms with Crippen molar-refractivity contribution in [2.45, 2.75) is 0 Å². The van der Waals surface area contributed by atoms with Crippen LogP contribution in [0.15, 0.2) is 13.2 Å². The van der Waals surface area contributed by atoms with Gasteiger partial charge < -0.3 is 9.23 Å². The van der Waals surface area contributed by atoms with Gasteiger partial charge in [0.1, 0.15) is 0 Å². The number of rotatable bonds is 1. The zero-order valence-corrected chi connectivity index (χ0v) is 3.98. The van der Waals surface area contributed by atoms with Gasteiger partial charge in [0.15, 0.2) is 0 Å². The fraction of sp³-hybridized carbons (Fsp3) is 0. The lowest BCUT2D eigenvalue weighted by Gasteiger charge is -1.65. The van der Waals surface area contributed by atoms with Crippen LogP contribution < -0.4 is 0 Å². The van der Waals surface area contributed by atoms with Gasteiger partial charge in [0.2, 0.25) is 0 Å². The molecule has 0 bridgehead atoms. The molecule has 0 aromatic heterocycles. The Balaban J connectivity index is 0. The van der Waals surface area contributed by atoms with E-state index in [1.165, 1.54) is 0 Å². The van der Waals surface area contributed by atoms with Crippen LogP contribution in [0.25, 0.3) is 0 Å². The molecule has 0 aromatic rings. The predicted molar refractivity (Wildman–Crippen MR) is 26.2 cm³/mol. The summed E-state index contributed by atoms with van der Waals surface area (Å²) in [6.45, 7) is 6.00. The van der Waals surface area contributed by atoms with Gasteiger partial charge in [-0.15, -0.1) is 13.2 Å². The van der Waals surface area contributed by atoms with Gasteiger partial charge in [0.25, 0.3) is 0 Å². The lowest BCUT2D eigenvalue weighted by atomic mass is 10.5. The highest BCUT2D eigenvalue weighted by molar-refractivity contribution is 6.29. The Bertz CT molecular complexity index is 19.0. The molecule has 0 unspecified atom stereocenters. The van der Waals surface area contributed by atoms with Gasteiger partial charge in [-0.05, 0) is 0 Å². The average Bonchev–Trinajstić information content (AvgIpc) is 1.72. The third-order valence-corrected chi connectivity index (χ3v) is 0.120. The van der Waals surface area contributed by atoms with Gasteiger partial charge >= 0.3 is 7.69 Å². The minimum absolute atomic E-state index is 0.390. The van der Waals surface area contributed by atoms with Crippen LogP contribution in [0.5, 0.6) is 0 Å². The summed E-state index contributed by atoms with van der Waals surface area (Å²) >= 11 is 4.38. The van der Waals surface area contributed by atoms with E-state index in [1.54, 1.807) is 0 Å². The first-order valence-corrected chi connectivity index (χ1v) is 1.46. The van der Waals surface area contributed by atoms with Crippen LogP contribution in [-0.2, 0) is 4.21 Å². The average molecular weight is 107 g/mol. The highest BCUT2D eigenvalue weighted by Gasteiger charge is 1.69. The monoisotopic (exact) mass is 107 g/mol. The summed E-state index contributed by atoms with van der Waals surface area (Å²) in [5.74, 6) is 0. The van der Waals surface area contributed by atoms with E-state index in [0.29, 0.717) is 7.69 Å². The molecule has 0 aliphatic heterocycles. The smallest absolute Gasteiger partial charge is 0.428 e. The summed E-state index contributed by atoms with van der Waals surface area (Å²) in [5.41, 5.74) is 0. The molecule has 0 aliphatic rings. The predicted octanol–water partition coefficient (Wildman–Crippen LogP) is 0.485. The molecule has 0 fully saturated rings. The fourth-order valence-electron chi connectivity index (χ4n) is 0. The van der Waals surface area contributed by atoms with Crippen molar-refractivity contribution in [3.8, 4) is 0 Å². The zero-order valence-electron chi connectivity index (χ0n) is 3.22. The van der Waals surface area contributed by atoms with Crippen molar-refractivity contribution in [1.82, 2.24) is 0 Å². The highest BCUT2D eigenvalue weighted by Crippen LogP contribution is 1.64. The van der Waals surface area contributed by atoms with Gasteiger partial charge in [-0.3, -0.25) is 0 Å². The molecule has 0 heterocycles. The number of hydrogen-bond acceptors (Lipinski definition) is 2. The molecular weight excluding hydrogens is 102 g/mol. The molecule has 0 amide bonds. The molecule has 0 spiro atoms. The van der Waals surface area contributed by atoms with E-state index in [9.17, 15) is 0 Å². The molecular formula is C2H5BClO2. The minimum atomic E-state index is 0.390. The van der Waals surface area contributed by atoms with Crippen molar-refractivity contribution in [2.24, 2.45) is 0 Å². The Morgan fingerprint density at radius 1 is 1.67 bits per heavy atom. The van der Waals surface area contributed by atoms with E-state index in [0.717, 1.165) is 0 Å². The van der Waals surface area contributed by atoms with Crippen LogP contribution in [0, 0.1) is 0 Å². The molecule has 0 rings (SSSR count). The molecule has 1 N–H and O–H groups in total. The topological polar surface area (TPSA) is 29.5 Å². The summed E-state index contributed by atoms with van der Waals surface area (Å²) in [4.78, 5) is 0. The molecule has 2 nitrogen and oxygen atoms in total. The molecule has 0 saturated carbocycles. The molecule has 0 aliphatic carbocycles. The number of hydrogen-bond donors (Lipinski definition) is 1. The second kappa shape index (κ2) is 19.9. The third kappa shape index (κ3) is 35.4. The van der Waals surface area contributed by atoms with Crippen LogP contribution in [0.3, 0.4) is 0 Å². The van der Waals surface area contributed by atoms with Crippen molar-refractivity contribution in [1.29, 1.82) is 0 Å². The molecule has 0 saturated heterocycles. The Kier molecular flexibility index (Phi) is 31.1. The van der Waals surface area contributed by atoms with Gasteiger partial charge in [-0.1, -0.05) is 0 Å². The van der Waals surface area contributed by atoms with E-state index in [1.807, 2.05) is 0 Å². The molecule has 35 valence electrons. The van der Waals surface area contributed by atoms with Crippen molar-refractivity contribution in [3.05, 3.63) is 13.2 Å². The standard InChI is InChI=1S/C2H4.BClHO2/c1-2;2-4-1-3/h1-2H2;3H. The Morgan fingerprint density at radius 2 is 1.83 bits per heavy atom. The van der Waals surface area contributed by atoms with Crippen molar-refractivity contribution >= 4 is 19.6 Å². The van der Waals surface area contributed by atoms with Gasteiger partial charge in [-0.2, -0.15) is 0 Å². The first-order valence-electron chi connectivity index (χ1n) is 1.15. The van der Waals surface area contributed by atoms with Crippen LogP contribution in [-0.4, -0.2) is 12.7 Å². The Hall–Kier alpha value is 0.0149. The van der Waals surface area contributed by atoms with E-state index in [4.69, 9.17) is 5.02 Å². The summed E-state index contributed by atoms with van der Waals surface area (Å²) in [6, 6.07) is 0. The summed E-state index contributed by atoms with van der Waals surface area (Å²) in [5, 5.41) is 7.40. The minimum Gasteiger partial charge on any atom is -0.428 e. The van der Waals surface area contributed by atoms with Crippen LogP contribution in [0.2, 0.25) is 0 Å². The van der Waals surface area contributed by atoms with Crippen LogP contribution in [0.1, 0.15) is 0 Å². The lowest BCUT2D eigenvalue weighted by Crippen LogP contribution is -1.80. The van der Waals surface area contributed by atoms with Gasteiger partial charge in [-0.25, -0.2) is 0 Å². The van der Waals surface area contributed by atoms with Crippen molar-refractivity contribution < 1.29 is 9.23 Å². The van der Waals surface area contributed by atoms with Crippen molar-refractivity contribution in [2.75, 3.05) is 0 Å². The molecule has 4 heteroatoms. The normalized spacial score (nSPS) is 5.00. The largest absolute Gasteiger partial charge is 0.503 e. The van der Waals surface area contributed by atoms with Gasteiger partial charge in [0, 0.05) is 11.9 Å². The summed E-state index contributed by atoms with van der Waals surface area (Å²) < 4.78 is 3.44. The molecule has 0 aromatic carbocycles. The third-order valence-electron chi connectivity index (χ3n) is 0.0398. The first-order chi connectivity index (χ1) is 2.91. The summed E-state index contributed by atoms with van der Waals surface area (Å²) in [6.07, 6.45) is 0. The number of halogens is 1. The van der Waals surface area contributed by atoms with E-state index < -0.39 is 0 Å². The quantitative estimate of drug-likeness (QED) is 0.390. The van der Waals surface area contributed by atoms with E-state index >= 15 is 0 Å². The molecule has 1 radical (unpaired) electrons. The maximum absolute atomic E-state index is 7.40. The fourth-order valence-corrected chi connectivity index (χ4v) is 0. The highest BCUT2D eigenvalue weighted by atomic mass is 35.5. The van der Waals surface area contributed by atoms with Crippen LogP contribution >= 0.6 is 11.9 Å². The van der Waals surface area contributed by atoms with E-state index in [-0.39, 0.29) is 0 Å². The second-order valence-electron chi connectivity index (χ2n) is 0.194. The first kappa shape index (κ1) is 9.38. The SMILES string of the molecule is C=C.O[B]OCl. The molecule has 6 heavy (non-hydrogen) atoms.